The molecule has 1 aliphatic heterocycles. The van der Waals surface area contributed by atoms with Gasteiger partial charge in [0, 0.05) is 15.2 Å². The summed E-state index contributed by atoms with van der Waals surface area (Å²) in [7, 11) is -0.952. The van der Waals surface area contributed by atoms with E-state index < -0.39 is 7.59 Å². The molecule has 0 atom stereocenters. The molecule has 0 radical (unpaired) electrons. The van der Waals surface area contributed by atoms with E-state index in [1.54, 1.807) is 0 Å². The highest BCUT2D eigenvalue weighted by atomic mass is 29.6. The normalized spacial score (nSPS) is 28.4. The van der Waals surface area contributed by atoms with Crippen LogP contribution in [0.5, 0.6) is 0 Å². The highest BCUT2D eigenvalue weighted by molar-refractivity contribution is 7.46. The molecule has 1 aliphatic rings. The molecule has 4 heteroatoms. The van der Waals surface area contributed by atoms with Gasteiger partial charge >= 0.3 is 0 Å². The molecule has 0 aromatic carbocycles. The third-order valence-corrected chi connectivity index (χ3v) is 24.0. The van der Waals surface area contributed by atoms with Crippen LogP contribution in [-0.4, -0.2) is 32.0 Å². The van der Waals surface area contributed by atoms with Gasteiger partial charge in [-0.2, -0.15) is 0 Å². The first kappa shape index (κ1) is 8.19. The summed E-state index contributed by atoms with van der Waals surface area (Å²) in [5.41, 5.74) is 4.45. The van der Waals surface area contributed by atoms with Crippen LogP contribution in [0.2, 0.25) is 6.04 Å². The maximum Gasteiger partial charge on any atom is 0.141 e. The van der Waals surface area contributed by atoms with E-state index in [-0.39, 0.29) is 17.8 Å². The summed E-state index contributed by atoms with van der Waals surface area (Å²) < 4.78 is 5.47. The van der Waals surface area contributed by atoms with Gasteiger partial charge in [0.2, 0.25) is 0 Å². The van der Waals surface area contributed by atoms with Gasteiger partial charge in [0.1, 0.15) is 9.28 Å². The first-order valence-corrected chi connectivity index (χ1v) is 12.9. The third-order valence-electron chi connectivity index (χ3n) is 2.24. The number of rotatable bonds is 2. The van der Waals surface area contributed by atoms with Crippen molar-refractivity contribution in [2.75, 3.05) is 6.61 Å². The maximum atomic E-state index is 5.47. The zero-order valence-electron chi connectivity index (χ0n) is 6.31. The molecule has 0 spiro atoms. The van der Waals surface area contributed by atoms with Crippen LogP contribution in [0.4, 0.5) is 0 Å². The monoisotopic (exact) mass is 186 g/mol. The van der Waals surface area contributed by atoms with Gasteiger partial charge in [-0.3, -0.25) is 0 Å². The number of hydrogen-bond acceptors (Lipinski definition) is 1. The number of hydrogen-bond donors (Lipinski definition) is 0. The Labute approximate surface area is 67.5 Å². The maximum absolute atomic E-state index is 5.47. The lowest BCUT2D eigenvalue weighted by atomic mass is 10.9. The van der Waals surface area contributed by atoms with Gasteiger partial charge in [-0.05, 0) is 6.04 Å². The van der Waals surface area contributed by atoms with Gasteiger partial charge in [-0.1, -0.05) is 0 Å². The molecule has 1 saturated heterocycles. The van der Waals surface area contributed by atoms with Gasteiger partial charge < -0.3 is 4.43 Å². The Morgan fingerprint density at radius 1 is 1.40 bits per heavy atom. The third kappa shape index (κ3) is 1.57. The molecule has 1 rings (SSSR count). The molecule has 0 saturated carbocycles. The Kier molecular flexibility index (Phi) is 2.84. The second kappa shape index (κ2) is 3.47. The Morgan fingerprint density at radius 3 is 2.40 bits per heavy atom. The molecule has 0 unspecified atom stereocenters. The Morgan fingerprint density at radius 2 is 2.10 bits per heavy atom. The lowest BCUT2D eigenvalue weighted by Crippen LogP contribution is -2.47. The average Bonchev–Trinajstić information content (AvgIpc) is 2.06. The zero-order chi connectivity index (χ0) is 7.45. The minimum atomic E-state index is -1.03. The van der Waals surface area contributed by atoms with E-state index in [9.17, 15) is 0 Å². The highest BCUT2D eigenvalue weighted by Crippen LogP contribution is 2.13. The van der Waals surface area contributed by atoms with Crippen molar-refractivity contribution in [1.29, 1.82) is 0 Å². The molecule has 10 heavy (non-hydrogen) atoms. The summed E-state index contributed by atoms with van der Waals surface area (Å²) in [6, 6.07) is 1.28. The van der Waals surface area contributed by atoms with Crippen LogP contribution in [0.3, 0.4) is 0 Å². The van der Waals surface area contributed by atoms with Gasteiger partial charge in [0.25, 0.3) is 0 Å². The van der Waals surface area contributed by atoms with Gasteiger partial charge in [0.05, 0.1) is 7.59 Å². The lowest BCUT2D eigenvalue weighted by Gasteiger charge is -2.27. The molecule has 0 aromatic heterocycles. The SMILES string of the molecule is C=C[Si]1(C=C)CCO[SiH2][SiH2]1. The van der Waals surface area contributed by atoms with E-state index in [1.807, 2.05) is 0 Å². The van der Waals surface area contributed by atoms with Crippen LogP contribution in [0.15, 0.2) is 24.6 Å². The van der Waals surface area contributed by atoms with E-state index in [0.717, 1.165) is 6.61 Å². The van der Waals surface area contributed by atoms with Crippen LogP contribution in [-0.2, 0) is 4.43 Å². The summed E-state index contributed by atoms with van der Waals surface area (Å²) >= 11 is 0. The molecule has 1 nitrogen and oxygen atoms in total. The van der Waals surface area contributed by atoms with Crippen LogP contribution in [0.1, 0.15) is 0 Å². The van der Waals surface area contributed by atoms with Crippen molar-refractivity contribution in [2.24, 2.45) is 0 Å². The topological polar surface area (TPSA) is 9.23 Å². The standard InChI is InChI=1S/C6H14OSi3/c1-3-10(4-2)6-5-7-8-9-10/h3-4H,1-2,5-6,8-9H2. The van der Waals surface area contributed by atoms with Crippen molar-refractivity contribution in [3.8, 4) is 0 Å². The highest BCUT2D eigenvalue weighted by Gasteiger charge is 2.28. The lowest BCUT2D eigenvalue weighted by molar-refractivity contribution is 0.366. The van der Waals surface area contributed by atoms with Crippen molar-refractivity contribution in [1.82, 2.24) is 0 Å². The summed E-state index contributed by atoms with van der Waals surface area (Å²) in [5.74, 6) is 0. The molecule has 0 aromatic rings. The predicted molar refractivity (Wildman–Crippen MR) is 54.0 cm³/mol. The van der Waals surface area contributed by atoms with E-state index in [1.165, 1.54) is 6.04 Å². The summed E-state index contributed by atoms with van der Waals surface area (Å²) in [6.45, 7) is 8.84. The largest absolute Gasteiger partial charge is 0.428 e. The smallest absolute Gasteiger partial charge is 0.141 e. The van der Waals surface area contributed by atoms with Crippen LogP contribution in [0, 0.1) is 0 Å². The van der Waals surface area contributed by atoms with E-state index >= 15 is 0 Å². The van der Waals surface area contributed by atoms with Crippen LogP contribution >= 0.6 is 0 Å². The first-order chi connectivity index (χ1) is 4.83. The van der Waals surface area contributed by atoms with E-state index in [2.05, 4.69) is 24.6 Å². The van der Waals surface area contributed by atoms with Crippen LogP contribution in [0.25, 0.3) is 0 Å². The summed E-state index contributed by atoms with van der Waals surface area (Å²) in [4.78, 5) is 0. The van der Waals surface area contributed by atoms with Gasteiger partial charge in [-0.15, -0.1) is 24.6 Å². The molecule has 0 N–H and O–H groups in total. The van der Waals surface area contributed by atoms with Crippen LogP contribution < -0.4 is 0 Å². The Bertz CT molecular complexity index is 130. The fourth-order valence-electron chi connectivity index (χ4n) is 1.24. The van der Waals surface area contributed by atoms with E-state index in [0.29, 0.717) is 0 Å². The van der Waals surface area contributed by atoms with Gasteiger partial charge in [0.15, 0.2) is 0 Å². The Balaban J connectivity index is 2.60. The molecule has 1 heterocycles. The summed E-state index contributed by atoms with van der Waals surface area (Å²) in [5, 5.41) is 0. The Hall–Kier alpha value is 0.0906. The quantitative estimate of drug-likeness (QED) is 0.532. The molecular weight excluding hydrogens is 172 g/mol. The molecular formula is C6H14OSi3. The second-order valence-electron chi connectivity index (χ2n) is 2.75. The fraction of sp³-hybridized carbons (Fsp3) is 0.333. The zero-order valence-corrected chi connectivity index (χ0v) is 10.1. The predicted octanol–water partition coefficient (Wildman–Crippen LogP) is -0.420. The molecule has 56 valence electrons. The van der Waals surface area contributed by atoms with Crippen molar-refractivity contribution in [2.45, 2.75) is 6.04 Å². The minimum absolute atomic E-state index is 0.0595. The molecule has 0 amide bonds. The van der Waals surface area contributed by atoms with Crippen molar-refractivity contribution >= 4 is 25.4 Å². The second-order valence-corrected chi connectivity index (χ2v) is 19.0. The van der Waals surface area contributed by atoms with E-state index in [4.69, 9.17) is 4.43 Å². The fourth-order valence-corrected chi connectivity index (χ4v) is 19.4. The van der Waals surface area contributed by atoms with Crippen molar-refractivity contribution in [3.05, 3.63) is 24.6 Å². The average molecular weight is 186 g/mol. The van der Waals surface area contributed by atoms with Gasteiger partial charge in [-0.25, -0.2) is 0 Å². The first-order valence-electron chi connectivity index (χ1n) is 3.68. The van der Waals surface area contributed by atoms with Crippen molar-refractivity contribution < 1.29 is 4.43 Å². The minimum Gasteiger partial charge on any atom is -0.428 e. The van der Waals surface area contributed by atoms with Crippen molar-refractivity contribution in [3.63, 3.8) is 0 Å². The molecule has 0 bridgehead atoms. The summed E-state index contributed by atoms with van der Waals surface area (Å²) in [6.07, 6.45) is 0. The molecule has 0 aliphatic carbocycles. The molecule has 1 fully saturated rings.